The molecule has 0 unspecified atom stereocenters. The van der Waals surface area contributed by atoms with E-state index in [9.17, 15) is 0 Å². The standard InChI is InChI=1S/C19H19BrN4/c20-16-5-3-4-15-17(7-11-22-19(15)16)23-14-8-12-24(13-9-14)18-6-1-2-10-21-18/h1-7,10-11,14H,8-9,12-13H2,(H,22,23). The highest BCUT2D eigenvalue weighted by atomic mass is 79.9. The van der Waals surface area contributed by atoms with E-state index in [0.29, 0.717) is 6.04 Å². The smallest absolute Gasteiger partial charge is 0.128 e. The van der Waals surface area contributed by atoms with Crippen LogP contribution in [0.15, 0.2) is 59.3 Å². The van der Waals surface area contributed by atoms with Crippen molar-refractivity contribution in [3.05, 3.63) is 59.3 Å². The molecule has 5 heteroatoms. The maximum atomic E-state index is 4.48. The third-order valence-electron chi connectivity index (χ3n) is 4.55. The fourth-order valence-corrected chi connectivity index (χ4v) is 3.75. The predicted octanol–water partition coefficient (Wildman–Crippen LogP) is 4.47. The van der Waals surface area contributed by atoms with Crippen LogP contribution in [0.3, 0.4) is 0 Å². The molecule has 0 bridgehead atoms. The second kappa shape index (κ2) is 6.77. The van der Waals surface area contributed by atoms with Gasteiger partial charge in [-0.25, -0.2) is 4.98 Å². The van der Waals surface area contributed by atoms with Gasteiger partial charge in [0.25, 0.3) is 0 Å². The number of hydrogen-bond acceptors (Lipinski definition) is 4. The second-order valence-electron chi connectivity index (χ2n) is 6.09. The van der Waals surface area contributed by atoms with Crippen molar-refractivity contribution in [2.75, 3.05) is 23.3 Å². The molecule has 1 fully saturated rings. The summed E-state index contributed by atoms with van der Waals surface area (Å²) in [7, 11) is 0. The fourth-order valence-electron chi connectivity index (χ4n) is 3.28. The van der Waals surface area contributed by atoms with Crippen molar-refractivity contribution >= 4 is 38.3 Å². The van der Waals surface area contributed by atoms with Crippen LogP contribution in [0.25, 0.3) is 10.9 Å². The number of nitrogens with one attached hydrogen (secondary N) is 1. The third kappa shape index (κ3) is 3.08. The molecule has 0 atom stereocenters. The van der Waals surface area contributed by atoms with E-state index in [1.54, 1.807) is 0 Å². The fraction of sp³-hybridized carbons (Fsp3) is 0.263. The highest BCUT2D eigenvalue weighted by molar-refractivity contribution is 9.10. The van der Waals surface area contributed by atoms with Gasteiger partial charge in [0.2, 0.25) is 0 Å². The Morgan fingerprint density at radius 1 is 0.958 bits per heavy atom. The first-order chi connectivity index (χ1) is 11.8. The van der Waals surface area contributed by atoms with Crippen molar-refractivity contribution in [2.45, 2.75) is 18.9 Å². The zero-order valence-corrected chi connectivity index (χ0v) is 14.9. The van der Waals surface area contributed by atoms with Gasteiger partial charge in [0.15, 0.2) is 0 Å². The molecule has 1 saturated heterocycles. The van der Waals surface area contributed by atoms with Crippen LogP contribution in [0.5, 0.6) is 0 Å². The van der Waals surface area contributed by atoms with Crippen LogP contribution in [0, 0.1) is 0 Å². The van der Waals surface area contributed by atoms with Crippen LogP contribution in [-0.4, -0.2) is 29.1 Å². The minimum Gasteiger partial charge on any atom is -0.382 e. The van der Waals surface area contributed by atoms with Crippen molar-refractivity contribution in [3.8, 4) is 0 Å². The number of anilines is 2. The number of hydrogen-bond donors (Lipinski definition) is 1. The Hall–Kier alpha value is -2.14. The molecule has 0 spiro atoms. The first-order valence-electron chi connectivity index (χ1n) is 8.27. The molecule has 1 aliphatic heterocycles. The summed E-state index contributed by atoms with van der Waals surface area (Å²) in [6, 6.07) is 14.9. The summed E-state index contributed by atoms with van der Waals surface area (Å²) < 4.78 is 1.04. The minimum absolute atomic E-state index is 0.481. The third-order valence-corrected chi connectivity index (χ3v) is 5.19. The quantitative estimate of drug-likeness (QED) is 0.725. The van der Waals surface area contributed by atoms with E-state index in [1.807, 2.05) is 30.6 Å². The summed E-state index contributed by atoms with van der Waals surface area (Å²) in [5, 5.41) is 4.88. The topological polar surface area (TPSA) is 41.0 Å². The van der Waals surface area contributed by atoms with Crippen LogP contribution in [0.1, 0.15) is 12.8 Å². The molecule has 122 valence electrons. The number of para-hydroxylation sites is 1. The zero-order valence-electron chi connectivity index (χ0n) is 13.3. The van der Waals surface area contributed by atoms with Gasteiger partial charge < -0.3 is 10.2 Å². The lowest BCUT2D eigenvalue weighted by atomic mass is 10.0. The molecule has 4 rings (SSSR count). The SMILES string of the molecule is Brc1cccc2c(NC3CCN(c4ccccn4)CC3)ccnc12. The Labute approximate surface area is 150 Å². The monoisotopic (exact) mass is 382 g/mol. The van der Waals surface area contributed by atoms with Crippen LogP contribution in [0.4, 0.5) is 11.5 Å². The molecule has 1 aromatic carbocycles. The number of nitrogens with zero attached hydrogens (tertiary/aromatic N) is 3. The number of pyridine rings is 2. The van der Waals surface area contributed by atoms with E-state index in [4.69, 9.17) is 0 Å². The van der Waals surface area contributed by atoms with Gasteiger partial charge in [-0.3, -0.25) is 4.98 Å². The van der Waals surface area contributed by atoms with E-state index in [1.165, 1.54) is 5.39 Å². The van der Waals surface area contributed by atoms with Crippen LogP contribution < -0.4 is 10.2 Å². The molecule has 1 aliphatic rings. The number of rotatable bonds is 3. The van der Waals surface area contributed by atoms with Crippen molar-refractivity contribution in [1.29, 1.82) is 0 Å². The van der Waals surface area contributed by atoms with Crippen molar-refractivity contribution in [1.82, 2.24) is 9.97 Å². The van der Waals surface area contributed by atoms with E-state index < -0.39 is 0 Å². The zero-order chi connectivity index (χ0) is 16.4. The molecular formula is C19H19BrN4. The van der Waals surface area contributed by atoms with Crippen molar-refractivity contribution in [3.63, 3.8) is 0 Å². The molecule has 3 heterocycles. The predicted molar refractivity (Wildman–Crippen MR) is 103 cm³/mol. The minimum atomic E-state index is 0.481. The Morgan fingerprint density at radius 3 is 2.62 bits per heavy atom. The molecule has 0 aliphatic carbocycles. The van der Waals surface area contributed by atoms with Crippen molar-refractivity contribution < 1.29 is 0 Å². The van der Waals surface area contributed by atoms with Gasteiger partial charge in [-0.05, 0) is 53.0 Å². The summed E-state index contributed by atoms with van der Waals surface area (Å²) in [6.45, 7) is 2.06. The molecule has 0 saturated carbocycles. The molecule has 0 radical (unpaired) electrons. The van der Waals surface area contributed by atoms with E-state index >= 15 is 0 Å². The molecule has 24 heavy (non-hydrogen) atoms. The Kier molecular flexibility index (Phi) is 4.34. The van der Waals surface area contributed by atoms with Gasteiger partial charge in [-0.2, -0.15) is 0 Å². The molecule has 1 N–H and O–H groups in total. The summed E-state index contributed by atoms with van der Waals surface area (Å²) in [5.74, 6) is 1.08. The van der Waals surface area contributed by atoms with Crippen LogP contribution in [0.2, 0.25) is 0 Å². The maximum Gasteiger partial charge on any atom is 0.128 e. The average Bonchev–Trinajstić information content (AvgIpc) is 2.64. The number of aromatic nitrogens is 2. The lowest BCUT2D eigenvalue weighted by molar-refractivity contribution is 0.524. The maximum absolute atomic E-state index is 4.48. The lowest BCUT2D eigenvalue weighted by Crippen LogP contribution is -2.39. The molecule has 4 nitrogen and oxygen atoms in total. The highest BCUT2D eigenvalue weighted by Crippen LogP contribution is 2.29. The lowest BCUT2D eigenvalue weighted by Gasteiger charge is -2.33. The summed E-state index contributed by atoms with van der Waals surface area (Å²) in [6.07, 6.45) is 5.95. The Balaban J connectivity index is 1.47. The van der Waals surface area contributed by atoms with Gasteiger partial charge in [-0.1, -0.05) is 18.2 Å². The summed E-state index contributed by atoms with van der Waals surface area (Å²) >= 11 is 3.59. The average molecular weight is 383 g/mol. The number of halogens is 1. The van der Waals surface area contributed by atoms with E-state index in [0.717, 1.165) is 47.4 Å². The van der Waals surface area contributed by atoms with Gasteiger partial charge in [0, 0.05) is 47.1 Å². The first kappa shape index (κ1) is 15.4. The van der Waals surface area contributed by atoms with Gasteiger partial charge in [0.05, 0.1) is 5.52 Å². The van der Waals surface area contributed by atoms with Gasteiger partial charge >= 0.3 is 0 Å². The number of piperidine rings is 1. The van der Waals surface area contributed by atoms with Gasteiger partial charge in [0.1, 0.15) is 5.82 Å². The number of benzene rings is 1. The van der Waals surface area contributed by atoms with Crippen LogP contribution in [-0.2, 0) is 0 Å². The largest absolute Gasteiger partial charge is 0.382 e. The van der Waals surface area contributed by atoms with Gasteiger partial charge in [-0.15, -0.1) is 0 Å². The van der Waals surface area contributed by atoms with Crippen LogP contribution >= 0.6 is 15.9 Å². The first-order valence-corrected chi connectivity index (χ1v) is 9.06. The Bertz CT molecular complexity index is 829. The summed E-state index contributed by atoms with van der Waals surface area (Å²) in [5.41, 5.74) is 2.17. The van der Waals surface area contributed by atoms with E-state index in [2.05, 4.69) is 60.4 Å². The summed E-state index contributed by atoms with van der Waals surface area (Å²) in [4.78, 5) is 11.3. The highest BCUT2D eigenvalue weighted by Gasteiger charge is 2.20. The molecular weight excluding hydrogens is 364 g/mol. The molecule has 2 aromatic heterocycles. The Morgan fingerprint density at radius 2 is 1.83 bits per heavy atom. The number of fused-ring (bicyclic) bond motifs is 1. The van der Waals surface area contributed by atoms with E-state index in [-0.39, 0.29) is 0 Å². The second-order valence-corrected chi connectivity index (χ2v) is 6.94. The normalized spacial score (nSPS) is 15.6. The van der Waals surface area contributed by atoms with Crippen molar-refractivity contribution in [2.24, 2.45) is 0 Å². The molecule has 3 aromatic rings. The molecule has 0 amide bonds.